The fourth-order valence-electron chi connectivity index (χ4n) is 1.79. The Bertz CT molecular complexity index is 223. The Labute approximate surface area is 82.1 Å². The molecule has 13 heavy (non-hydrogen) atoms. The van der Waals surface area contributed by atoms with Crippen molar-refractivity contribution in [3.63, 3.8) is 0 Å². The summed E-state index contributed by atoms with van der Waals surface area (Å²) in [6, 6.07) is 0.572. The van der Waals surface area contributed by atoms with E-state index in [0.29, 0.717) is 17.9 Å². The summed E-state index contributed by atoms with van der Waals surface area (Å²) in [5.74, 6) is 1.28. The third-order valence-corrected chi connectivity index (χ3v) is 2.76. The molecule has 1 rings (SSSR count). The molecule has 1 heteroatoms. The van der Waals surface area contributed by atoms with Gasteiger partial charge < -0.3 is 4.90 Å². The van der Waals surface area contributed by atoms with Gasteiger partial charge in [-0.3, -0.25) is 0 Å². The third kappa shape index (κ3) is 2.44. The van der Waals surface area contributed by atoms with Crippen LogP contribution in [0.5, 0.6) is 0 Å². The highest BCUT2D eigenvalue weighted by molar-refractivity contribution is 5.28. The smallest absolute Gasteiger partial charge is 0.0338 e. The summed E-state index contributed by atoms with van der Waals surface area (Å²) < 4.78 is 0. The molecule has 0 fully saturated rings. The maximum absolute atomic E-state index is 2.40. The summed E-state index contributed by atoms with van der Waals surface area (Å²) in [6.45, 7) is 6.77. The fraction of sp³-hybridized carbons (Fsp3) is 0.667. The van der Waals surface area contributed by atoms with E-state index in [1.54, 1.807) is 0 Å². The summed E-state index contributed by atoms with van der Waals surface area (Å²) in [5, 5.41) is 0. The van der Waals surface area contributed by atoms with Crippen LogP contribution in [0.1, 0.15) is 20.8 Å². The zero-order valence-corrected chi connectivity index (χ0v) is 9.41. The second kappa shape index (κ2) is 4.10. The number of hydrogen-bond acceptors (Lipinski definition) is 1. The molecular formula is C12H21N. The van der Waals surface area contributed by atoms with E-state index in [1.165, 1.54) is 5.57 Å². The van der Waals surface area contributed by atoms with Crippen LogP contribution in [0.2, 0.25) is 0 Å². The van der Waals surface area contributed by atoms with Crippen LogP contribution < -0.4 is 0 Å². The molecular weight excluding hydrogens is 158 g/mol. The first-order valence-electron chi connectivity index (χ1n) is 5.08. The number of nitrogens with zero attached hydrogens (tertiary/aromatic N) is 1. The van der Waals surface area contributed by atoms with Gasteiger partial charge in [-0.2, -0.15) is 0 Å². The lowest BCUT2D eigenvalue weighted by atomic mass is 9.88. The lowest BCUT2D eigenvalue weighted by molar-refractivity contribution is 0.292. The normalized spacial score (nSPS) is 28.4. The highest BCUT2D eigenvalue weighted by atomic mass is 15.1. The van der Waals surface area contributed by atoms with Crippen molar-refractivity contribution in [3.05, 3.63) is 23.8 Å². The summed E-state index contributed by atoms with van der Waals surface area (Å²) >= 11 is 0. The van der Waals surface area contributed by atoms with Gasteiger partial charge in [-0.15, -0.1) is 0 Å². The minimum Gasteiger partial charge on any atom is -0.302 e. The van der Waals surface area contributed by atoms with Crippen LogP contribution in [0.15, 0.2) is 23.8 Å². The topological polar surface area (TPSA) is 3.24 Å². The van der Waals surface area contributed by atoms with E-state index in [9.17, 15) is 0 Å². The monoisotopic (exact) mass is 179 g/mol. The van der Waals surface area contributed by atoms with Crippen molar-refractivity contribution in [1.29, 1.82) is 0 Å². The van der Waals surface area contributed by atoms with E-state index < -0.39 is 0 Å². The predicted octanol–water partition coefficient (Wildman–Crippen LogP) is 2.70. The molecule has 0 saturated heterocycles. The first kappa shape index (κ1) is 10.5. The Morgan fingerprint density at radius 1 is 1.31 bits per heavy atom. The van der Waals surface area contributed by atoms with Gasteiger partial charge in [0.05, 0.1) is 0 Å². The van der Waals surface area contributed by atoms with E-state index in [2.05, 4.69) is 58.0 Å². The van der Waals surface area contributed by atoms with Gasteiger partial charge in [0.25, 0.3) is 0 Å². The van der Waals surface area contributed by atoms with Crippen LogP contribution in [0.4, 0.5) is 0 Å². The summed E-state index contributed by atoms with van der Waals surface area (Å²) in [7, 11) is 4.30. The molecule has 0 bridgehead atoms. The van der Waals surface area contributed by atoms with Crippen molar-refractivity contribution in [1.82, 2.24) is 4.90 Å². The van der Waals surface area contributed by atoms with Crippen LogP contribution in [-0.4, -0.2) is 25.0 Å². The van der Waals surface area contributed by atoms with Gasteiger partial charge >= 0.3 is 0 Å². The molecule has 0 heterocycles. The van der Waals surface area contributed by atoms with Crippen molar-refractivity contribution in [2.75, 3.05) is 14.1 Å². The molecule has 2 atom stereocenters. The molecule has 0 N–H and O–H groups in total. The average molecular weight is 179 g/mol. The summed E-state index contributed by atoms with van der Waals surface area (Å²) in [4.78, 5) is 2.29. The minimum absolute atomic E-state index is 0.572. The maximum atomic E-state index is 2.40. The highest BCUT2D eigenvalue weighted by Gasteiger charge is 2.19. The van der Waals surface area contributed by atoms with Crippen molar-refractivity contribution < 1.29 is 0 Å². The molecule has 1 nitrogen and oxygen atoms in total. The minimum atomic E-state index is 0.572. The van der Waals surface area contributed by atoms with Crippen molar-refractivity contribution in [2.45, 2.75) is 26.8 Å². The molecule has 0 aromatic rings. The third-order valence-electron chi connectivity index (χ3n) is 2.76. The van der Waals surface area contributed by atoms with Crippen LogP contribution in [0.3, 0.4) is 0 Å². The summed E-state index contributed by atoms with van der Waals surface area (Å²) in [5.41, 5.74) is 1.47. The predicted molar refractivity (Wildman–Crippen MR) is 58.7 cm³/mol. The van der Waals surface area contributed by atoms with E-state index in [4.69, 9.17) is 0 Å². The second-order valence-electron chi connectivity index (χ2n) is 4.49. The van der Waals surface area contributed by atoms with Crippen LogP contribution >= 0.6 is 0 Å². The average Bonchev–Trinajstić information content (AvgIpc) is 2.04. The SMILES string of the molecule is CC(C)C1=CC(N(C)C)C(C)C=C1. The largest absolute Gasteiger partial charge is 0.302 e. The molecule has 2 unspecified atom stereocenters. The fourth-order valence-corrected chi connectivity index (χ4v) is 1.79. The van der Waals surface area contributed by atoms with E-state index >= 15 is 0 Å². The van der Waals surface area contributed by atoms with Crippen LogP contribution in [0, 0.1) is 11.8 Å². The van der Waals surface area contributed by atoms with Crippen LogP contribution in [-0.2, 0) is 0 Å². The maximum Gasteiger partial charge on any atom is 0.0338 e. The van der Waals surface area contributed by atoms with Gasteiger partial charge in [0.1, 0.15) is 0 Å². The summed E-state index contributed by atoms with van der Waals surface area (Å²) in [6.07, 6.45) is 6.99. The molecule has 1 aliphatic rings. The van der Waals surface area contributed by atoms with Crippen molar-refractivity contribution in [3.8, 4) is 0 Å². The van der Waals surface area contributed by atoms with Gasteiger partial charge in [-0.1, -0.05) is 39.0 Å². The van der Waals surface area contributed by atoms with E-state index in [1.807, 2.05) is 0 Å². The zero-order valence-electron chi connectivity index (χ0n) is 9.41. The quantitative estimate of drug-likeness (QED) is 0.630. The van der Waals surface area contributed by atoms with Gasteiger partial charge in [-0.05, 0) is 31.5 Å². The molecule has 1 aliphatic carbocycles. The molecule has 0 amide bonds. The molecule has 74 valence electrons. The number of hydrogen-bond donors (Lipinski definition) is 0. The lowest BCUT2D eigenvalue weighted by Crippen LogP contribution is -2.33. The van der Waals surface area contributed by atoms with Gasteiger partial charge in [0.2, 0.25) is 0 Å². The Balaban J connectivity index is 2.80. The zero-order chi connectivity index (χ0) is 10.0. The van der Waals surface area contributed by atoms with Crippen molar-refractivity contribution in [2.24, 2.45) is 11.8 Å². The highest BCUT2D eigenvalue weighted by Crippen LogP contribution is 2.23. The molecule has 0 spiro atoms. The van der Waals surface area contributed by atoms with Crippen molar-refractivity contribution >= 4 is 0 Å². The Kier molecular flexibility index (Phi) is 3.32. The molecule has 0 aromatic carbocycles. The number of allylic oxidation sites excluding steroid dienone is 2. The Morgan fingerprint density at radius 2 is 1.92 bits per heavy atom. The first-order valence-corrected chi connectivity index (χ1v) is 5.08. The Hall–Kier alpha value is -0.560. The van der Waals surface area contributed by atoms with Gasteiger partial charge in [0.15, 0.2) is 0 Å². The standard InChI is InChI=1S/C12H21N/c1-9(2)11-7-6-10(3)12(8-11)13(4)5/h6-10,12H,1-5H3. The lowest BCUT2D eigenvalue weighted by Gasteiger charge is -2.29. The van der Waals surface area contributed by atoms with Gasteiger partial charge in [-0.25, -0.2) is 0 Å². The molecule has 0 aliphatic heterocycles. The van der Waals surface area contributed by atoms with E-state index in [-0.39, 0.29) is 0 Å². The number of rotatable bonds is 2. The van der Waals surface area contributed by atoms with E-state index in [0.717, 1.165) is 0 Å². The number of likely N-dealkylation sites (N-methyl/N-ethyl adjacent to an activating group) is 1. The molecule has 0 saturated carbocycles. The Morgan fingerprint density at radius 3 is 2.38 bits per heavy atom. The van der Waals surface area contributed by atoms with Crippen LogP contribution in [0.25, 0.3) is 0 Å². The molecule has 0 radical (unpaired) electrons. The first-order chi connectivity index (χ1) is 6.02. The second-order valence-corrected chi connectivity index (χ2v) is 4.49. The van der Waals surface area contributed by atoms with Gasteiger partial charge in [0, 0.05) is 6.04 Å². The molecule has 0 aromatic heterocycles.